The molecule has 4 heteroatoms. The van der Waals surface area contributed by atoms with Crippen molar-refractivity contribution in [3.63, 3.8) is 0 Å². The Hall–Kier alpha value is -0.795. The molecule has 0 saturated heterocycles. The zero-order valence-electron chi connectivity index (χ0n) is 6.09. The van der Waals surface area contributed by atoms with Gasteiger partial charge >= 0.3 is 5.97 Å². The van der Waals surface area contributed by atoms with E-state index in [2.05, 4.69) is 4.74 Å². The van der Waals surface area contributed by atoms with Crippen LogP contribution in [0.4, 0.5) is 0 Å². The monoisotopic (exact) mass is 140 g/mol. The molecular formula is C6H9BO3. The number of esters is 1. The highest BCUT2D eigenvalue weighted by Crippen LogP contribution is 1.98. The summed E-state index contributed by atoms with van der Waals surface area (Å²) in [5.41, 5.74) is 0. The summed E-state index contributed by atoms with van der Waals surface area (Å²) >= 11 is 0. The van der Waals surface area contributed by atoms with Crippen molar-refractivity contribution in [2.75, 3.05) is 6.61 Å². The molecule has 0 spiro atoms. The minimum atomic E-state index is -0.850. The molecular weight excluding hydrogens is 131 g/mol. The Morgan fingerprint density at radius 3 is 2.40 bits per heavy atom. The number of ketones is 1. The van der Waals surface area contributed by atoms with Crippen LogP contribution >= 0.6 is 0 Å². The van der Waals surface area contributed by atoms with E-state index in [1.54, 1.807) is 6.92 Å². The number of carbonyl (C=O) groups excluding carboxylic acids is 2. The van der Waals surface area contributed by atoms with Crippen LogP contribution in [0.15, 0.2) is 0 Å². The molecule has 0 N–H and O–H groups in total. The zero-order valence-corrected chi connectivity index (χ0v) is 6.09. The van der Waals surface area contributed by atoms with Gasteiger partial charge in [0.15, 0.2) is 0 Å². The van der Waals surface area contributed by atoms with Gasteiger partial charge in [0.25, 0.3) is 0 Å². The molecule has 54 valence electrons. The maximum Gasteiger partial charge on any atom is 0.374 e. The van der Waals surface area contributed by atoms with Gasteiger partial charge in [-0.1, -0.05) is 6.92 Å². The molecule has 0 aromatic rings. The topological polar surface area (TPSA) is 43.4 Å². The summed E-state index contributed by atoms with van der Waals surface area (Å²) in [5.74, 6) is -2.29. The van der Waals surface area contributed by atoms with Crippen LogP contribution in [-0.2, 0) is 14.3 Å². The molecule has 2 radical (unpaired) electrons. The first-order valence-electron chi connectivity index (χ1n) is 3.06. The van der Waals surface area contributed by atoms with Gasteiger partial charge in [0.05, 0.1) is 14.5 Å². The second-order valence-electron chi connectivity index (χ2n) is 1.87. The van der Waals surface area contributed by atoms with Gasteiger partial charge < -0.3 is 4.74 Å². The first-order valence-corrected chi connectivity index (χ1v) is 3.06. The van der Waals surface area contributed by atoms with E-state index in [0.717, 1.165) is 0 Å². The van der Waals surface area contributed by atoms with Crippen molar-refractivity contribution in [2.24, 2.45) is 0 Å². The van der Waals surface area contributed by atoms with Crippen LogP contribution in [-0.4, -0.2) is 26.2 Å². The standard InChI is InChI=1S/C6H9BO3/c1-3-10-6(9)5(8)4(2)7/h4H,3H2,1-2H3. The summed E-state index contributed by atoms with van der Waals surface area (Å²) in [6.45, 7) is 3.28. The molecule has 1 unspecified atom stereocenters. The Morgan fingerprint density at radius 1 is 1.60 bits per heavy atom. The van der Waals surface area contributed by atoms with Gasteiger partial charge in [0.2, 0.25) is 5.78 Å². The normalized spacial score (nSPS) is 12.2. The maximum atomic E-state index is 10.6. The number of hydrogen-bond donors (Lipinski definition) is 0. The largest absolute Gasteiger partial charge is 0.460 e. The first kappa shape index (κ1) is 9.20. The SMILES string of the molecule is [B]C(C)C(=O)C(=O)OCC. The number of ether oxygens (including phenoxy) is 1. The molecule has 0 heterocycles. The predicted molar refractivity (Wildman–Crippen MR) is 36.8 cm³/mol. The van der Waals surface area contributed by atoms with Crippen LogP contribution in [0.5, 0.6) is 0 Å². The average molecular weight is 140 g/mol. The van der Waals surface area contributed by atoms with Crippen molar-refractivity contribution in [3.8, 4) is 0 Å². The lowest BCUT2D eigenvalue weighted by atomic mass is 9.86. The van der Waals surface area contributed by atoms with Crippen molar-refractivity contribution in [1.82, 2.24) is 0 Å². The summed E-state index contributed by atoms with van der Waals surface area (Å²) in [6.07, 6.45) is 0. The zero-order chi connectivity index (χ0) is 8.15. The minimum Gasteiger partial charge on any atom is -0.460 e. The minimum absolute atomic E-state index is 0.206. The van der Waals surface area contributed by atoms with Crippen molar-refractivity contribution >= 4 is 19.6 Å². The average Bonchev–Trinajstić information content (AvgIpc) is 1.87. The van der Waals surface area contributed by atoms with Gasteiger partial charge in [-0.25, -0.2) is 4.79 Å². The highest BCUT2D eigenvalue weighted by molar-refractivity contribution is 6.44. The van der Waals surface area contributed by atoms with E-state index in [-0.39, 0.29) is 6.61 Å². The fraction of sp³-hybridized carbons (Fsp3) is 0.667. The lowest BCUT2D eigenvalue weighted by molar-refractivity contribution is -0.153. The molecule has 0 amide bonds. The third-order valence-electron chi connectivity index (χ3n) is 0.890. The van der Waals surface area contributed by atoms with Gasteiger partial charge in [-0.2, -0.15) is 0 Å². The molecule has 0 aliphatic rings. The molecule has 1 atom stereocenters. The fourth-order valence-corrected chi connectivity index (χ4v) is 0.388. The van der Waals surface area contributed by atoms with Gasteiger partial charge in [0, 0.05) is 0 Å². The van der Waals surface area contributed by atoms with Gasteiger partial charge in [-0.3, -0.25) is 4.79 Å². The summed E-state index contributed by atoms with van der Waals surface area (Å²) < 4.78 is 4.40. The van der Waals surface area contributed by atoms with E-state index < -0.39 is 17.6 Å². The third kappa shape index (κ3) is 2.66. The van der Waals surface area contributed by atoms with Crippen molar-refractivity contribution < 1.29 is 14.3 Å². The second-order valence-corrected chi connectivity index (χ2v) is 1.87. The summed E-state index contributed by atoms with van der Waals surface area (Å²) in [7, 11) is 5.12. The van der Waals surface area contributed by atoms with E-state index >= 15 is 0 Å². The quantitative estimate of drug-likeness (QED) is 0.317. The van der Waals surface area contributed by atoms with Crippen LogP contribution in [0.1, 0.15) is 13.8 Å². The molecule has 0 aromatic carbocycles. The molecule has 3 nitrogen and oxygen atoms in total. The molecule has 0 aliphatic carbocycles. The lowest BCUT2D eigenvalue weighted by Gasteiger charge is -2.01. The Kier molecular flexibility index (Phi) is 3.76. The highest BCUT2D eigenvalue weighted by atomic mass is 16.5. The molecule has 0 rings (SSSR count). The Morgan fingerprint density at radius 2 is 2.10 bits per heavy atom. The van der Waals surface area contributed by atoms with Crippen molar-refractivity contribution in [3.05, 3.63) is 0 Å². The number of rotatable bonds is 3. The van der Waals surface area contributed by atoms with Crippen LogP contribution < -0.4 is 0 Å². The number of Topliss-reactive ketones (excluding diaryl/α,β-unsaturated/α-hetero) is 1. The molecule has 0 fully saturated rings. The van der Waals surface area contributed by atoms with Crippen LogP contribution in [0.25, 0.3) is 0 Å². The fourth-order valence-electron chi connectivity index (χ4n) is 0.388. The Bertz CT molecular complexity index is 142. The molecule has 0 saturated carbocycles. The van der Waals surface area contributed by atoms with Gasteiger partial charge in [-0.15, -0.1) is 0 Å². The van der Waals surface area contributed by atoms with Gasteiger partial charge in [-0.05, 0) is 12.7 Å². The van der Waals surface area contributed by atoms with E-state index in [1.165, 1.54) is 6.92 Å². The highest BCUT2D eigenvalue weighted by Gasteiger charge is 2.17. The molecule has 0 aliphatic heterocycles. The second kappa shape index (κ2) is 4.09. The Labute approximate surface area is 61.2 Å². The van der Waals surface area contributed by atoms with E-state index in [4.69, 9.17) is 7.85 Å². The number of hydrogen-bond acceptors (Lipinski definition) is 3. The van der Waals surface area contributed by atoms with Crippen LogP contribution in [0.3, 0.4) is 0 Å². The first-order chi connectivity index (χ1) is 4.59. The Balaban J connectivity index is 3.83. The molecule has 0 aromatic heterocycles. The van der Waals surface area contributed by atoms with E-state index in [9.17, 15) is 9.59 Å². The smallest absolute Gasteiger partial charge is 0.374 e. The van der Waals surface area contributed by atoms with E-state index in [0.29, 0.717) is 0 Å². The van der Waals surface area contributed by atoms with Gasteiger partial charge in [0.1, 0.15) is 0 Å². The van der Waals surface area contributed by atoms with Crippen LogP contribution in [0, 0.1) is 0 Å². The molecule has 0 bridgehead atoms. The van der Waals surface area contributed by atoms with Crippen molar-refractivity contribution in [2.45, 2.75) is 19.7 Å². The summed E-state index contributed by atoms with van der Waals surface area (Å²) in [6, 6.07) is 0. The van der Waals surface area contributed by atoms with Crippen molar-refractivity contribution in [1.29, 1.82) is 0 Å². The predicted octanol–water partition coefficient (Wildman–Crippen LogP) is 0.0955. The van der Waals surface area contributed by atoms with Crippen LogP contribution in [0.2, 0.25) is 5.82 Å². The third-order valence-corrected chi connectivity index (χ3v) is 0.890. The van der Waals surface area contributed by atoms with E-state index in [1.807, 2.05) is 0 Å². The molecule has 10 heavy (non-hydrogen) atoms. The maximum absolute atomic E-state index is 10.6. The lowest BCUT2D eigenvalue weighted by Crippen LogP contribution is -2.20. The number of carbonyl (C=O) groups is 2. The summed E-state index contributed by atoms with van der Waals surface area (Å²) in [5, 5.41) is 0. The summed E-state index contributed by atoms with van der Waals surface area (Å²) in [4.78, 5) is 21.2.